The topological polar surface area (TPSA) is 33.7 Å². The van der Waals surface area contributed by atoms with Gasteiger partial charge in [0.25, 0.3) is 0 Å². The van der Waals surface area contributed by atoms with Gasteiger partial charge >= 0.3 is 0 Å². The number of anilines is 1. The Hall–Kier alpha value is -2.27. The van der Waals surface area contributed by atoms with Crippen molar-refractivity contribution in [3.63, 3.8) is 0 Å². The first kappa shape index (κ1) is 17.5. The molecule has 1 atom stereocenters. The average molecular weight is 356 g/mol. The van der Waals surface area contributed by atoms with Gasteiger partial charge in [-0.05, 0) is 55.4 Å². The van der Waals surface area contributed by atoms with E-state index in [4.69, 9.17) is 21.7 Å². The van der Waals surface area contributed by atoms with E-state index >= 15 is 0 Å². The minimum absolute atomic E-state index is 0.0444. The highest BCUT2D eigenvalue weighted by molar-refractivity contribution is 7.80. The van der Waals surface area contributed by atoms with E-state index in [0.29, 0.717) is 18.3 Å². The average Bonchev–Trinajstić information content (AvgIpc) is 2.66. The molecule has 0 saturated carbocycles. The third kappa shape index (κ3) is 4.42. The van der Waals surface area contributed by atoms with E-state index in [1.165, 1.54) is 5.56 Å². The molecule has 1 heterocycles. The van der Waals surface area contributed by atoms with Crippen LogP contribution < -0.4 is 14.8 Å². The number of para-hydroxylation sites is 2. The Kier molecular flexibility index (Phi) is 5.76. The summed E-state index contributed by atoms with van der Waals surface area (Å²) in [4.78, 5) is 2.10. The number of nitrogens with one attached hydrogen (secondary N) is 1. The van der Waals surface area contributed by atoms with Gasteiger partial charge in [0.1, 0.15) is 6.61 Å². The van der Waals surface area contributed by atoms with Crippen LogP contribution in [-0.4, -0.2) is 35.8 Å². The number of hydrogen-bond donors (Lipinski definition) is 1. The zero-order valence-corrected chi connectivity index (χ0v) is 15.5. The largest absolute Gasteiger partial charge is 0.486 e. The van der Waals surface area contributed by atoms with Crippen LogP contribution in [0, 0.1) is 0 Å². The molecule has 0 aromatic heterocycles. The van der Waals surface area contributed by atoms with E-state index in [9.17, 15) is 0 Å². The van der Waals surface area contributed by atoms with E-state index in [1.807, 2.05) is 24.3 Å². The summed E-state index contributed by atoms with van der Waals surface area (Å²) < 4.78 is 11.8. The van der Waals surface area contributed by atoms with Gasteiger partial charge in [0.05, 0.1) is 6.54 Å². The molecular formula is C20H24N2O2S. The van der Waals surface area contributed by atoms with Crippen molar-refractivity contribution in [2.45, 2.75) is 26.4 Å². The molecule has 2 aromatic rings. The Labute approximate surface area is 154 Å². The van der Waals surface area contributed by atoms with Gasteiger partial charge < -0.3 is 19.7 Å². The third-order valence-electron chi connectivity index (χ3n) is 4.27. The predicted molar refractivity (Wildman–Crippen MR) is 106 cm³/mol. The second kappa shape index (κ2) is 8.21. The molecule has 132 valence electrons. The van der Waals surface area contributed by atoms with Crippen molar-refractivity contribution >= 4 is 23.0 Å². The van der Waals surface area contributed by atoms with Gasteiger partial charge in [-0.2, -0.15) is 0 Å². The fourth-order valence-corrected chi connectivity index (χ4v) is 3.10. The Balaban J connectivity index is 1.59. The molecule has 0 radical (unpaired) electrons. The molecule has 0 bridgehead atoms. The second-order valence-electron chi connectivity index (χ2n) is 6.02. The molecule has 0 amide bonds. The zero-order chi connectivity index (χ0) is 17.6. The smallest absolute Gasteiger partial charge is 0.173 e. The summed E-state index contributed by atoms with van der Waals surface area (Å²) in [6.45, 7) is 6.26. The number of thiocarbonyl (C=S) groups is 1. The summed E-state index contributed by atoms with van der Waals surface area (Å²) >= 11 is 5.58. The lowest BCUT2D eigenvalue weighted by Gasteiger charge is -2.32. The maximum Gasteiger partial charge on any atom is 0.173 e. The molecule has 0 spiro atoms. The second-order valence-corrected chi connectivity index (χ2v) is 6.40. The summed E-state index contributed by atoms with van der Waals surface area (Å²) in [5.41, 5.74) is 2.32. The quantitative estimate of drug-likeness (QED) is 0.816. The monoisotopic (exact) mass is 356 g/mol. The first-order chi connectivity index (χ1) is 12.2. The lowest BCUT2D eigenvalue weighted by molar-refractivity contribution is 0.0754. The Morgan fingerprint density at radius 1 is 1.12 bits per heavy atom. The van der Waals surface area contributed by atoms with Crippen LogP contribution >= 0.6 is 12.2 Å². The van der Waals surface area contributed by atoms with Gasteiger partial charge in [-0.25, -0.2) is 0 Å². The Morgan fingerprint density at radius 3 is 2.52 bits per heavy atom. The molecule has 0 fully saturated rings. The minimum Gasteiger partial charge on any atom is -0.486 e. The predicted octanol–water partition coefficient (Wildman–Crippen LogP) is 4.11. The van der Waals surface area contributed by atoms with Gasteiger partial charge in [-0.1, -0.05) is 31.2 Å². The van der Waals surface area contributed by atoms with Gasteiger partial charge in [0, 0.05) is 12.2 Å². The molecule has 3 rings (SSSR count). The van der Waals surface area contributed by atoms with Crippen molar-refractivity contribution in [2.75, 3.05) is 25.0 Å². The molecule has 5 heteroatoms. The third-order valence-corrected chi connectivity index (χ3v) is 4.63. The molecule has 0 aliphatic carbocycles. The molecule has 1 aliphatic heterocycles. The van der Waals surface area contributed by atoms with Crippen molar-refractivity contribution in [1.29, 1.82) is 0 Å². The number of hydrogen-bond acceptors (Lipinski definition) is 3. The molecule has 1 aliphatic rings. The van der Waals surface area contributed by atoms with Crippen LogP contribution in [0.4, 0.5) is 5.69 Å². The van der Waals surface area contributed by atoms with Crippen molar-refractivity contribution in [1.82, 2.24) is 4.90 Å². The van der Waals surface area contributed by atoms with Crippen molar-refractivity contribution in [3.05, 3.63) is 54.1 Å². The maximum atomic E-state index is 6.04. The fourth-order valence-electron chi connectivity index (χ4n) is 2.78. The van der Waals surface area contributed by atoms with Crippen LogP contribution in [0.3, 0.4) is 0 Å². The van der Waals surface area contributed by atoms with Crippen molar-refractivity contribution < 1.29 is 9.47 Å². The fraction of sp³-hybridized carbons (Fsp3) is 0.350. The van der Waals surface area contributed by atoms with E-state index in [2.05, 4.69) is 48.3 Å². The van der Waals surface area contributed by atoms with Crippen LogP contribution in [0.2, 0.25) is 0 Å². The molecule has 2 aromatic carbocycles. The lowest BCUT2D eigenvalue weighted by Crippen LogP contribution is -2.45. The van der Waals surface area contributed by atoms with Crippen LogP contribution in [0.5, 0.6) is 11.5 Å². The van der Waals surface area contributed by atoms with Crippen LogP contribution in [0.15, 0.2) is 48.5 Å². The van der Waals surface area contributed by atoms with Crippen LogP contribution in [0.1, 0.15) is 19.4 Å². The Morgan fingerprint density at radius 2 is 1.84 bits per heavy atom. The van der Waals surface area contributed by atoms with E-state index in [-0.39, 0.29) is 6.10 Å². The summed E-state index contributed by atoms with van der Waals surface area (Å²) in [6, 6.07) is 16.1. The minimum atomic E-state index is -0.0444. The van der Waals surface area contributed by atoms with Gasteiger partial charge in [-0.15, -0.1) is 0 Å². The molecule has 1 N–H and O–H groups in total. The van der Waals surface area contributed by atoms with Crippen molar-refractivity contribution in [2.24, 2.45) is 0 Å². The number of aryl methyl sites for hydroxylation is 1. The van der Waals surface area contributed by atoms with Gasteiger partial charge in [0.2, 0.25) is 0 Å². The molecule has 25 heavy (non-hydrogen) atoms. The van der Waals surface area contributed by atoms with Crippen molar-refractivity contribution in [3.8, 4) is 11.5 Å². The normalized spacial score (nSPS) is 15.5. The molecular weight excluding hydrogens is 332 g/mol. The highest BCUT2D eigenvalue weighted by Gasteiger charge is 2.23. The van der Waals surface area contributed by atoms with Gasteiger partial charge in [0.15, 0.2) is 22.7 Å². The first-order valence-electron chi connectivity index (χ1n) is 8.73. The summed E-state index contributed by atoms with van der Waals surface area (Å²) in [6.07, 6.45) is 0.990. The Bertz CT molecular complexity index is 718. The highest BCUT2D eigenvalue weighted by Crippen LogP contribution is 2.31. The standard InChI is InChI=1S/C20H24N2O2S/c1-3-15-9-11-16(12-10-15)21-20(25)22(4-2)13-17-14-23-18-7-5-6-8-19(18)24-17/h5-12,17H,3-4,13-14H2,1-2H3,(H,21,25)/t17-/m0/s1. The van der Waals surface area contributed by atoms with E-state index in [1.54, 1.807) is 0 Å². The summed E-state index contributed by atoms with van der Waals surface area (Å²) in [7, 11) is 0. The number of benzene rings is 2. The molecule has 0 unspecified atom stereocenters. The lowest BCUT2D eigenvalue weighted by atomic mass is 10.1. The zero-order valence-electron chi connectivity index (χ0n) is 14.7. The number of nitrogens with zero attached hydrogens (tertiary/aromatic N) is 1. The summed E-state index contributed by atoms with van der Waals surface area (Å²) in [5, 5.41) is 4.02. The first-order valence-corrected chi connectivity index (χ1v) is 9.13. The SMILES string of the molecule is CCc1ccc(NC(=S)N(CC)C[C@H]2COc3ccccc3O2)cc1. The summed E-state index contributed by atoms with van der Waals surface area (Å²) in [5.74, 6) is 1.60. The van der Waals surface area contributed by atoms with Crippen LogP contribution in [-0.2, 0) is 6.42 Å². The van der Waals surface area contributed by atoms with Crippen LogP contribution in [0.25, 0.3) is 0 Å². The number of rotatable bonds is 5. The molecule has 0 saturated heterocycles. The van der Waals surface area contributed by atoms with E-state index < -0.39 is 0 Å². The number of fused-ring (bicyclic) bond motifs is 1. The van der Waals surface area contributed by atoms with E-state index in [0.717, 1.165) is 30.2 Å². The molecule has 4 nitrogen and oxygen atoms in total. The number of ether oxygens (including phenoxy) is 2. The van der Waals surface area contributed by atoms with Gasteiger partial charge in [-0.3, -0.25) is 0 Å². The maximum absolute atomic E-state index is 6.04. The number of likely N-dealkylation sites (N-methyl/N-ethyl adjacent to an activating group) is 1. The highest BCUT2D eigenvalue weighted by atomic mass is 32.1.